The second kappa shape index (κ2) is 6.96. The number of benzene rings is 2. The zero-order chi connectivity index (χ0) is 17.9. The summed E-state index contributed by atoms with van der Waals surface area (Å²) >= 11 is 0. The van der Waals surface area contributed by atoms with Crippen molar-refractivity contribution in [2.45, 2.75) is 12.0 Å². The smallest absolute Gasteiger partial charge is 0.254 e. The van der Waals surface area contributed by atoms with E-state index < -0.39 is 15.5 Å². The Morgan fingerprint density at radius 1 is 1.08 bits per heavy atom. The Morgan fingerprint density at radius 3 is 2.48 bits per heavy atom. The molecule has 1 heterocycles. The molecule has 0 bridgehead atoms. The van der Waals surface area contributed by atoms with Crippen LogP contribution in [0.25, 0.3) is 5.70 Å². The van der Waals surface area contributed by atoms with Crippen molar-refractivity contribution in [3.63, 3.8) is 0 Å². The van der Waals surface area contributed by atoms with E-state index in [1.54, 1.807) is 24.3 Å². The maximum Gasteiger partial charge on any atom is 0.254 e. The molecule has 0 saturated carbocycles. The number of nitrogens with one attached hydrogen (secondary N) is 1. The van der Waals surface area contributed by atoms with Crippen LogP contribution in [0.1, 0.15) is 11.1 Å². The van der Waals surface area contributed by atoms with E-state index in [0.717, 1.165) is 5.56 Å². The highest BCUT2D eigenvalue weighted by Gasteiger charge is 2.30. The lowest BCUT2D eigenvalue weighted by atomic mass is 10.1. The molecule has 8 heteroatoms. The van der Waals surface area contributed by atoms with Gasteiger partial charge in [-0.15, -0.1) is 0 Å². The molecule has 2 aromatic rings. The number of fused-ring (bicyclic) bond motifs is 1. The van der Waals surface area contributed by atoms with E-state index in [1.807, 2.05) is 30.3 Å². The minimum atomic E-state index is -3.79. The summed E-state index contributed by atoms with van der Waals surface area (Å²) in [7, 11) is -3.79. The number of para-hydroxylation sites is 1. The molecule has 1 atom stereocenters. The molecular weight excluding hydrogens is 340 g/mol. The fourth-order valence-corrected chi connectivity index (χ4v) is 3.48. The molecule has 0 fully saturated rings. The van der Waals surface area contributed by atoms with Gasteiger partial charge in [-0.3, -0.25) is 0 Å². The molecule has 2 aromatic carbocycles. The van der Waals surface area contributed by atoms with Gasteiger partial charge in [0, 0.05) is 12.1 Å². The average molecular weight is 358 g/mol. The van der Waals surface area contributed by atoms with Gasteiger partial charge >= 0.3 is 0 Å². The molecule has 0 aromatic heterocycles. The van der Waals surface area contributed by atoms with Crippen molar-refractivity contribution in [1.29, 1.82) is 0 Å². The minimum absolute atomic E-state index is 0.156. The molecule has 0 amide bonds. The molecule has 0 aliphatic carbocycles. The normalized spacial score (nSPS) is 16.3. The van der Waals surface area contributed by atoms with Gasteiger partial charge in [-0.1, -0.05) is 42.5 Å². The van der Waals surface area contributed by atoms with E-state index in [4.69, 9.17) is 16.2 Å². The SMILES string of the molecule is NC(N)=NC1=CC(S(=O)(=O)NCc2ccccc2)Oc2ccccc21. The Bertz CT molecular complexity index is 920. The Kier molecular flexibility index (Phi) is 4.73. The van der Waals surface area contributed by atoms with Crippen LogP contribution in [-0.2, 0) is 16.6 Å². The van der Waals surface area contributed by atoms with E-state index in [0.29, 0.717) is 17.0 Å². The van der Waals surface area contributed by atoms with Crippen LogP contribution in [0.5, 0.6) is 5.75 Å². The Morgan fingerprint density at radius 2 is 1.76 bits per heavy atom. The first kappa shape index (κ1) is 17.0. The van der Waals surface area contributed by atoms with Crippen molar-refractivity contribution in [2.75, 3.05) is 0 Å². The van der Waals surface area contributed by atoms with Crippen molar-refractivity contribution in [2.24, 2.45) is 16.5 Å². The molecule has 3 rings (SSSR count). The zero-order valence-electron chi connectivity index (χ0n) is 13.3. The maximum absolute atomic E-state index is 12.6. The van der Waals surface area contributed by atoms with E-state index in [-0.39, 0.29) is 12.5 Å². The highest BCUT2D eigenvalue weighted by molar-refractivity contribution is 7.90. The first-order chi connectivity index (χ1) is 12.0. The fourth-order valence-electron chi connectivity index (χ4n) is 2.41. The summed E-state index contributed by atoms with van der Waals surface area (Å²) in [6.45, 7) is 0.163. The van der Waals surface area contributed by atoms with Crippen molar-refractivity contribution >= 4 is 21.7 Å². The lowest BCUT2D eigenvalue weighted by Gasteiger charge is -2.24. The number of aliphatic imine (C=N–C) groups is 1. The number of nitrogens with zero attached hydrogens (tertiary/aromatic N) is 1. The standard InChI is InChI=1S/C17H18N4O3S/c18-17(19)21-14-10-16(24-15-9-5-4-8-13(14)15)25(22,23)20-11-12-6-2-1-3-7-12/h1-10,16,20H,11H2,(H4,18,19,21). The third-order valence-electron chi connectivity index (χ3n) is 3.58. The maximum atomic E-state index is 12.6. The van der Waals surface area contributed by atoms with Crippen LogP contribution in [0.15, 0.2) is 65.7 Å². The number of guanidine groups is 1. The van der Waals surface area contributed by atoms with Gasteiger partial charge in [0.05, 0.1) is 5.70 Å². The van der Waals surface area contributed by atoms with Crippen molar-refractivity contribution < 1.29 is 13.2 Å². The van der Waals surface area contributed by atoms with Crippen LogP contribution in [0.3, 0.4) is 0 Å². The lowest BCUT2D eigenvalue weighted by molar-refractivity contribution is 0.309. The summed E-state index contributed by atoms with van der Waals surface area (Å²) in [5.41, 5.74) is 11.5. The highest BCUT2D eigenvalue weighted by Crippen LogP contribution is 2.33. The first-order valence-corrected chi connectivity index (χ1v) is 9.10. The average Bonchev–Trinajstić information content (AvgIpc) is 2.60. The van der Waals surface area contributed by atoms with Crippen LogP contribution in [-0.4, -0.2) is 19.8 Å². The molecule has 5 N–H and O–H groups in total. The number of nitrogens with two attached hydrogens (primary N) is 2. The van der Waals surface area contributed by atoms with E-state index in [2.05, 4.69) is 9.71 Å². The Labute approximate surface area is 146 Å². The predicted octanol–water partition coefficient (Wildman–Crippen LogP) is 1.14. The molecule has 0 spiro atoms. The summed E-state index contributed by atoms with van der Waals surface area (Å²) < 4.78 is 33.4. The van der Waals surface area contributed by atoms with Gasteiger partial charge in [-0.25, -0.2) is 18.1 Å². The van der Waals surface area contributed by atoms with Crippen molar-refractivity contribution in [3.05, 3.63) is 71.8 Å². The number of hydrogen-bond donors (Lipinski definition) is 3. The molecule has 1 aliphatic rings. The highest BCUT2D eigenvalue weighted by atomic mass is 32.2. The molecule has 0 radical (unpaired) electrons. The van der Waals surface area contributed by atoms with Gasteiger partial charge in [0.25, 0.3) is 10.0 Å². The van der Waals surface area contributed by atoms with Crippen LogP contribution in [0.4, 0.5) is 0 Å². The Hall–Kier alpha value is -2.84. The summed E-state index contributed by atoms with van der Waals surface area (Å²) in [6.07, 6.45) is 1.38. The molecular formula is C17H18N4O3S. The molecule has 130 valence electrons. The van der Waals surface area contributed by atoms with Gasteiger partial charge < -0.3 is 16.2 Å². The number of hydrogen-bond acceptors (Lipinski definition) is 4. The first-order valence-electron chi connectivity index (χ1n) is 7.55. The van der Waals surface area contributed by atoms with Gasteiger partial charge in [0.2, 0.25) is 5.44 Å². The van der Waals surface area contributed by atoms with Gasteiger partial charge in [0.1, 0.15) is 5.75 Å². The van der Waals surface area contributed by atoms with Crippen molar-refractivity contribution in [1.82, 2.24) is 4.72 Å². The molecule has 0 saturated heterocycles. The van der Waals surface area contributed by atoms with Crippen LogP contribution >= 0.6 is 0 Å². The molecule has 7 nitrogen and oxygen atoms in total. The summed E-state index contributed by atoms with van der Waals surface area (Å²) in [5.74, 6) is 0.247. The molecule has 1 unspecified atom stereocenters. The van der Waals surface area contributed by atoms with Crippen molar-refractivity contribution in [3.8, 4) is 5.75 Å². The third kappa shape index (κ3) is 3.98. The third-order valence-corrected chi connectivity index (χ3v) is 4.97. The molecule has 25 heavy (non-hydrogen) atoms. The van der Waals surface area contributed by atoms with Gasteiger partial charge in [-0.2, -0.15) is 0 Å². The Balaban J connectivity index is 1.87. The van der Waals surface area contributed by atoms with Gasteiger partial charge in [0.15, 0.2) is 5.96 Å². The zero-order valence-corrected chi connectivity index (χ0v) is 14.1. The minimum Gasteiger partial charge on any atom is -0.468 e. The van der Waals surface area contributed by atoms with E-state index in [1.165, 1.54) is 6.08 Å². The summed E-state index contributed by atoms with van der Waals surface area (Å²) in [4.78, 5) is 4.02. The van der Waals surface area contributed by atoms with Crippen LogP contribution in [0.2, 0.25) is 0 Å². The lowest BCUT2D eigenvalue weighted by Crippen LogP contribution is -2.38. The second-order valence-electron chi connectivity index (χ2n) is 5.42. The number of rotatable bonds is 5. The number of ether oxygens (including phenoxy) is 1. The topological polar surface area (TPSA) is 120 Å². The van der Waals surface area contributed by atoms with Crippen LogP contribution < -0.4 is 20.9 Å². The number of sulfonamides is 1. The summed E-state index contributed by atoms with van der Waals surface area (Å²) in [6, 6.07) is 16.2. The monoisotopic (exact) mass is 358 g/mol. The largest absolute Gasteiger partial charge is 0.468 e. The predicted molar refractivity (Wildman–Crippen MR) is 96.8 cm³/mol. The quantitative estimate of drug-likeness (QED) is 0.547. The summed E-state index contributed by atoms with van der Waals surface area (Å²) in [5, 5.41) is 0. The van der Waals surface area contributed by atoms with Gasteiger partial charge in [-0.05, 0) is 23.8 Å². The second-order valence-corrected chi connectivity index (χ2v) is 7.27. The van der Waals surface area contributed by atoms with E-state index in [9.17, 15) is 8.42 Å². The van der Waals surface area contributed by atoms with Crippen LogP contribution in [0, 0.1) is 0 Å². The fraction of sp³-hybridized carbons (Fsp3) is 0.118. The van der Waals surface area contributed by atoms with E-state index >= 15 is 0 Å². The molecule has 1 aliphatic heterocycles.